The maximum atomic E-state index is 13.0. The lowest BCUT2D eigenvalue weighted by Gasteiger charge is -2.03. The molecule has 17 heavy (non-hydrogen) atoms. The molecule has 2 rings (SSSR count). The van der Waals surface area contributed by atoms with Crippen molar-refractivity contribution in [2.75, 3.05) is 5.32 Å². The van der Waals surface area contributed by atoms with Crippen molar-refractivity contribution < 1.29 is 18.8 Å². The van der Waals surface area contributed by atoms with Gasteiger partial charge in [-0.05, 0) is 19.1 Å². The predicted molar refractivity (Wildman–Crippen MR) is 57.3 cm³/mol. The Morgan fingerprint density at radius 2 is 2.24 bits per heavy atom. The number of aryl methyl sites for hydroxylation is 1. The van der Waals surface area contributed by atoms with Crippen LogP contribution in [0.15, 0.2) is 28.8 Å². The smallest absolute Gasteiger partial charge is 0.277 e. The number of aromatic nitrogens is 1. The van der Waals surface area contributed by atoms with Crippen LogP contribution in [-0.4, -0.2) is 16.2 Å². The number of nitrogens with one attached hydrogen (secondary N) is 1. The Hall–Kier alpha value is -2.37. The third-order valence-electron chi connectivity index (χ3n) is 2.07. The monoisotopic (exact) mass is 236 g/mol. The van der Waals surface area contributed by atoms with E-state index in [0.29, 0.717) is 5.76 Å². The van der Waals surface area contributed by atoms with E-state index in [4.69, 9.17) is 9.63 Å². The minimum Gasteiger partial charge on any atom is -0.505 e. The summed E-state index contributed by atoms with van der Waals surface area (Å²) in [5.74, 6) is -1.28. The summed E-state index contributed by atoms with van der Waals surface area (Å²) >= 11 is 0. The molecule has 1 aromatic heterocycles. The van der Waals surface area contributed by atoms with E-state index in [1.54, 1.807) is 6.92 Å². The first-order valence-corrected chi connectivity index (χ1v) is 4.79. The summed E-state index contributed by atoms with van der Waals surface area (Å²) in [4.78, 5) is 11.6. The molecule has 0 unspecified atom stereocenters. The van der Waals surface area contributed by atoms with Crippen LogP contribution in [0.25, 0.3) is 0 Å². The Kier molecular flexibility index (Phi) is 2.78. The maximum Gasteiger partial charge on any atom is 0.277 e. The van der Waals surface area contributed by atoms with Gasteiger partial charge in [-0.2, -0.15) is 0 Å². The topological polar surface area (TPSA) is 75.4 Å². The summed E-state index contributed by atoms with van der Waals surface area (Å²) in [6, 6.07) is 5.01. The SMILES string of the molecule is Cc1cc(C(=O)Nc2ccc(O)c(F)c2)no1. The van der Waals surface area contributed by atoms with Crippen molar-refractivity contribution >= 4 is 11.6 Å². The van der Waals surface area contributed by atoms with E-state index in [9.17, 15) is 9.18 Å². The summed E-state index contributed by atoms with van der Waals surface area (Å²) in [6.07, 6.45) is 0. The Bertz CT molecular complexity index is 566. The zero-order chi connectivity index (χ0) is 12.4. The second-order valence-corrected chi connectivity index (χ2v) is 3.44. The van der Waals surface area contributed by atoms with Gasteiger partial charge in [0, 0.05) is 17.8 Å². The van der Waals surface area contributed by atoms with Gasteiger partial charge in [0.1, 0.15) is 5.76 Å². The molecule has 1 heterocycles. The highest BCUT2D eigenvalue weighted by molar-refractivity contribution is 6.02. The quantitative estimate of drug-likeness (QED) is 0.783. The number of hydrogen-bond donors (Lipinski definition) is 2. The number of phenolic OH excluding ortho intramolecular Hbond substituents is 1. The number of hydrogen-bond acceptors (Lipinski definition) is 4. The molecular formula is C11H9FN2O3. The molecule has 0 spiro atoms. The molecular weight excluding hydrogens is 227 g/mol. The molecule has 1 aromatic carbocycles. The first-order valence-electron chi connectivity index (χ1n) is 4.79. The lowest BCUT2D eigenvalue weighted by Crippen LogP contribution is -2.12. The average Bonchev–Trinajstić information content (AvgIpc) is 2.70. The molecule has 0 aliphatic rings. The van der Waals surface area contributed by atoms with Crippen molar-refractivity contribution in [3.05, 3.63) is 41.5 Å². The average molecular weight is 236 g/mol. The van der Waals surface area contributed by atoms with Crippen LogP contribution < -0.4 is 5.32 Å². The number of phenols is 1. The molecule has 0 radical (unpaired) electrons. The van der Waals surface area contributed by atoms with Crippen molar-refractivity contribution in [3.8, 4) is 5.75 Å². The van der Waals surface area contributed by atoms with Gasteiger partial charge in [-0.25, -0.2) is 4.39 Å². The molecule has 2 N–H and O–H groups in total. The Labute approximate surface area is 95.9 Å². The minimum absolute atomic E-state index is 0.107. The predicted octanol–water partition coefficient (Wildman–Crippen LogP) is 2.08. The van der Waals surface area contributed by atoms with E-state index in [1.165, 1.54) is 12.1 Å². The number of amides is 1. The van der Waals surface area contributed by atoms with Crippen LogP contribution >= 0.6 is 0 Å². The van der Waals surface area contributed by atoms with Crippen LogP contribution in [0.1, 0.15) is 16.2 Å². The Morgan fingerprint density at radius 1 is 1.47 bits per heavy atom. The van der Waals surface area contributed by atoms with Crippen molar-refractivity contribution in [2.45, 2.75) is 6.92 Å². The molecule has 0 saturated heterocycles. The second-order valence-electron chi connectivity index (χ2n) is 3.44. The van der Waals surface area contributed by atoms with Gasteiger partial charge in [-0.3, -0.25) is 4.79 Å². The van der Waals surface area contributed by atoms with Gasteiger partial charge in [0.15, 0.2) is 17.3 Å². The van der Waals surface area contributed by atoms with Gasteiger partial charge in [0.25, 0.3) is 5.91 Å². The molecule has 88 valence electrons. The fraction of sp³-hybridized carbons (Fsp3) is 0.0909. The number of carbonyl (C=O) groups is 1. The first-order chi connectivity index (χ1) is 8.06. The number of nitrogens with zero attached hydrogens (tertiary/aromatic N) is 1. The van der Waals surface area contributed by atoms with Crippen LogP contribution in [0.3, 0.4) is 0 Å². The zero-order valence-corrected chi connectivity index (χ0v) is 8.90. The Balaban J connectivity index is 2.15. The van der Waals surface area contributed by atoms with Gasteiger partial charge in [-0.1, -0.05) is 5.16 Å². The lowest BCUT2D eigenvalue weighted by atomic mass is 10.2. The Morgan fingerprint density at radius 3 is 2.82 bits per heavy atom. The van der Waals surface area contributed by atoms with Gasteiger partial charge in [0.2, 0.25) is 0 Å². The standard InChI is InChI=1S/C11H9FN2O3/c1-6-4-9(14-17-6)11(16)13-7-2-3-10(15)8(12)5-7/h2-5,15H,1H3,(H,13,16). The molecule has 0 saturated carbocycles. The molecule has 0 fully saturated rings. The van der Waals surface area contributed by atoms with E-state index in [1.807, 2.05) is 0 Å². The summed E-state index contributed by atoms with van der Waals surface area (Å²) in [5.41, 5.74) is 0.335. The molecule has 0 aliphatic carbocycles. The number of carbonyl (C=O) groups excluding carboxylic acids is 1. The van der Waals surface area contributed by atoms with Crippen LogP contribution in [0, 0.1) is 12.7 Å². The van der Waals surface area contributed by atoms with Gasteiger partial charge in [-0.15, -0.1) is 0 Å². The van der Waals surface area contributed by atoms with Crippen LogP contribution in [0.4, 0.5) is 10.1 Å². The van der Waals surface area contributed by atoms with Gasteiger partial charge < -0.3 is 14.9 Å². The zero-order valence-electron chi connectivity index (χ0n) is 8.90. The summed E-state index contributed by atoms with van der Waals surface area (Å²) in [6.45, 7) is 1.66. The normalized spacial score (nSPS) is 10.2. The molecule has 0 aliphatic heterocycles. The third kappa shape index (κ3) is 2.41. The molecule has 1 amide bonds. The number of aromatic hydroxyl groups is 1. The lowest BCUT2D eigenvalue weighted by molar-refractivity contribution is 0.101. The summed E-state index contributed by atoms with van der Waals surface area (Å²) in [5, 5.41) is 14.9. The third-order valence-corrected chi connectivity index (χ3v) is 2.07. The highest BCUT2D eigenvalue weighted by atomic mass is 19.1. The molecule has 0 bridgehead atoms. The fourth-order valence-corrected chi connectivity index (χ4v) is 1.25. The molecule has 5 nitrogen and oxygen atoms in total. The minimum atomic E-state index is -0.806. The number of rotatable bonds is 2. The van der Waals surface area contributed by atoms with E-state index in [2.05, 4.69) is 10.5 Å². The van der Waals surface area contributed by atoms with Crippen LogP contribution in [-0.2, 0) is 0 Å². The maximum absolute atomic E-state index is 13.0. The van der Waals surface area contributed by atoms with E-state index < -0.39 is 17.5 Å². The van der Waals surface area contributed by atoms with Crippen LogP contribution in [0.2, 0.25) is 0 Å². The highest BCUT2D eigenvalue weighted by Crippen LogP contribution is 2.19. The van der Waals surface area contributed by atoms with E-state index >= 15 is 0 Å². The van der Waals surface area contributed by atoms with Crippen LogP contribution in [0.5, 0.6) is 5.75 Å². The molecule has 6 heteroatoms. The largest absolute Gasteiger partial charge is 0.505 e. The fourth-order valence-electron chi connectivity index (χ4n) is 1.25. The van der Waals surface area contributed by atoms with Crippen molar-refractivity contribution in [1.29, 1.82) is 0 Å². The van der Waals surface area contributed by atoms with E-state index in [0.717, 1.165) is 12.1 Å². The number of benzene rings is 1. The summed E-state index contributed by atoms with van der Waals surface area (Å²) in [7, 11) is 0. The van der Waals surface area contributed by atoms with Crippen molar-refractivity contribution in [1.82, 2.24) is 5.16 Å². The first kappa shape index (κ1) is 11.1. The molecule has 0 atom stereocenters. The van der Waals surface area contributed by atoms with Crippen molar-refractivity contribution in [3.63, 3.8) is 0 Å². The van der Waals surface area contributed by atoms with Gasteiger partial charge in [0.05, 0.1) is 0 Å². The highest BCUT2D eigenvalue weighted by Gasteiger charge is 2.11. The second kappa shape index (κ2) is 4.25. The number of anilines is 1. The van der Waals surface area contributed by atoms with E-state index in [-0.39, 0.29) is 11.4 Å². The van der Waals surface area contributed by atoms with Crippen molar-refractivity contribution in [2.24, 2.45) is 0 Å². The van der Waals surface area contributed by atoms with Gasteiger partial charge >= 0.3 is 0 Å². The summed E-state index contributed by atoms with van der Waals surface area (Å²) < 4.78 is 17.7. The number of halogens is 1. The molecule has 2 aromatic rings.